The number of nitrogens with one attached hydrogen (secondary N) is 1. The van der Waals surface area contributed by atoms with Gasteiger partial charge in [-0.3, -0.25) is 0 Å². The van der Waals surface area contributed by atoms with Crippen LogP contribution in [0.5, 0.6) is 0 Å². The van der Waals surface area contributed by atoms with Crippen molar-refractivity contribution in [3.8, 4) is 0 Å². The molecule has 0 amide bonds. The van der Waals surface area contributed by atoms with Gasteiger partial charge < -0.3 is 5.32 Å². The standard InChI is InChI=1S/C14H27N/c1-10(2)15-9-13-5-4-11(3)8-14(13)12-6-7-12/h10-15H,4-9H2,1-3H3. The second-order valence-electron chi connectivity index (χ2n) is 6.24. The first-order valence-corrected chi connectivity index (χ1v) is 6.90. The van der Waals surface area contributed by atoms with Crippen molar-refractivity contribution in [2.45, 2.75) is 58.9 Å². The highest BCUT2D eigenvalue weighted by Gasteiger charge is 2.39. The average molecular weight is 209 g/mol. The lowest BCUT2D eigenvalue weighted by Gasteiger charge is -2.35. The molecule has 3 unspecified atom stereocenters. The minimum absolute atomic E-state index is 0.657. The second-order valence-corrected chi connectivity index (χ2v) is 6.24. The van der Waals surface area contributed by atoms with E-state index in [0.29, 0.717) is 6.04 Å². The summed E-state index contributed by atoms with van der Waals surface area (Å²) in [6.07, 6.45) is 7.50. The van der Waals surface area contributed by atoms with Crippen molar-refractivity contribution >= 4 is 0 Å². The van der Waals surface area contributed by atoms with Crippen LogP contribution in [-0.2, 0) is 0 Å². The van der Waals surface area contributed by atoms with Crippen LogP contribution in [0, 0.1) is 23.7 Å². The number of hydrogen-bond donors (Lipinski definition) is 1. The summed E-state index contributed by atoms with van der Waals surface area (Å²) in [6.45, 7) is 8.24. The van der Waals surface area contributed by atoms with E-state index in [1.54, 1.807) is 0 Å². The molecule has 0 radical (unpaired) electrons. The first-order chi connectivity index (χ1) is 7.16. The summed E-state index contributed by atoms with van der Waals surface area (Å²) in [5.74, 6) is 4.13. The molecule has 0 aromatic heterocycles. The smallest absolute Gasteiger partial charge is 0.00104 e. The first-order valence-electron chi connectivity index (χ1n) is 6.90. The van der Waals surface area contributed by atoms with E-state index in [9.17, 15) is 0 Å². The Morgan fingerprint density at radius 2 is 1.87 bits per heavy atom. The Hall–Kier alpha value is -0.0400. The Bertz CT molecular complexity index is 196. The van der Waals surface area contributed by atoms with Gasteiger partial charge in [0.2, 0.25) is 0 Å². The molecule has 1 heteroatoms. The van der Waals surface area contributed by atoms with Crippen molar-refractivity contribution in [1.29, 1.82) is 0 Å². The highest BCUT2D eigenvalue weighted by Crippen LogP contribution is 2.47. The summed E-state index contributed by atoms with van der Waals surface area (Å²) in [4.78, 5) is 0. The van der Waals surface area contributed by atoms with Crippen LogP contribution in [-0.4, -0.2) is 12.6 Å². The minimum atomic E-state index is 0.657. The van der Waals surface area contributed by atoms with Gasteiger partial charge in [0, 0.05) is 6.04 Å². The Kier molecular flexibility index (Phi) is 3.71. The van der Waals surface area contributed by atoms with Crippen LogP contribution >= 0.6 is 0 Å². The molecule has 0 bridgehead atoms. The topological polar surface area (TPSA) is 12.0 Å². The largest absolute Gasteiger partial charge is 0.314 e. The zero-order valence-corrected chi connectivity index (χ0v) is 10.6. The van der Waals surface area contributed by atoms with Gasteiger partial charge in [-0.2, -0.15) is 0 Å². The van der Waals surface area contributed by atoms with Gasteiger partial charge in [0.15, 0.2) is 0 Å². The van der Waals surface area contributed by atoms with E-state index in [4.69, 9.17) is 0 Å². The molecule has 3 atom stereocenters. The highest BCUT2D eigenvalue weighted by molar-refractivity contribution is 4.90. The third-order valence-corrected chi connectivity index (χ3v) is 4.33. The van der Waals surface area contributed by atoms with E-state index in [2.05, 4.69) is 26.1 Å². The highest BCUT2D eigenvalue weighted by atomic mass is 14.9. The molecule has 1 nitrogen and oxygen atoms in total. The van der Waals surface area contributed by atoms with Crippen LogP contribution in [0.25, 0.3) is 0 Å². The van der Waals surface area contributed by atoms with Crippen LogP contribution < -0.4 is 5.32 Å². The van der Waals surface area contributed by atoms with Crippen LogP contribution in [0.15, 0.2) is 0 Å². The van der Waals surface area contributed by atoms with Crippen LogP contribution in [0.2, 0.25) is 0 Å². The van der Waals surface area contributed by atoms with Crippen LogP contribution in [0.4, 0.5) is 0 Å². The normalized spacial score (nSPS) is 37.2. The van der Waals surface area contributed by atoms with Gasteiger partial charge in [0.25, 0.3) is 0 Å². The zero-order valence-electron chi connectivity index (χ0n) is 10.6. The zero-order chi connectivity index (χ0) is 10.8. The van der Waals surface area contributed by atoms with Gasteiger partial charge in [-0.15, -0.1) is 0 Å². The fraction of sp³-hybridized carbons (Fsp3) is 1.00. The molecule has 88 valence electrons. The van der Waals surface area contributed by atoms with Crippen molar-refractivity contribution in [3.63, 3.8) is 0 Å². The van der Waals surface area contributed by atoms with E-state index in [-0.39, 0.29) is 0 Å². The summed E-state index contributed by atoms with van der Waals surface area (Å²) in [7, 11) is 0. The lowest BCUT2D eigenvalue weighted by Crippen LogP contribution is -2.36. The van der Waals surface area contributed by atoms with Crippen molar-refractivity contribution in [2.24, 2.45) is 23.7 Å². The summed E-state index contributed by atoms with van der Waals surface area (Å²) in [6, 6.07) is 0.657. The van der Waals surface area contributed by atoms with E-state index in [1.807, 2.05) is 0 Å². The molecular weight excluding hydrogens is 182 g/mol. The lowest BCUT2D eigenvalue weighted by atomic mass is 9.72. The maximum atomic E-state index is 3.64. The molecule has 0 spiro atoms. The van der Waals surface area contributed by atoms with Crippen molar-refractivity contribution in [2.75, 3.05) is 6.54 Å². The Morgan fingerprint density at radius 1 is 1.13 bits per heavy atom. The Balaban J connectivity index is 1.84. The summed E-state index contributed by atoms with van der Waals surface area (Å²) >= 11 is 0. The predicted octanol–water partition coefficient (Wildman–Crippen LogP) is 3.45. The van der Waals surface area contributed by atoms with Gasteiger partial charge in [-0.25, -0.2) is 0 Å². The van der Waals surface area contributed by atoms with E-state index < -0.39 is 0 Å². The molecule has 1 N–H and O–H groups in total. The third kappa shape index (κ3) is 3.21. The number of rotatable bonds is 4. The van der Waals surface area contributed by atoms with Gasteiger partial charge in [-0.05, 0) is 55.9 Å². The molecule has 0 aromatic rings. The molecule has 2 rings (SSSR count). The third-order valence-electron chi connectivity index (χ3n) is 4.33. The van der Waals surface area contributed by atoms with Crippen LogP contribution in [0.3, 0.4) is 0 Å². The quantitative estimate of drug-likeness (QED) is 0.748. The molecule has 2 fully saturated rings. The first kappa shape index (κ1) is 11.4. The molecule has 0 aromatic carbocycles. The van der Waals surface area contributed by atoms with Gasteiger partial charge in [-0.1, -0.05) is 27.2 Å². The van der Waals surface area contributed by atoms with E-state index in [0.717, 1.165) is 23.7 Å². The molecule has 2 saturated carbocycles. The van der Waals surface area contributed by atoms with Crippen LogP contribution in [0.1, 0.15) is 52.9 Å². The monoisotopic (exact) mass is 209 g/mol. The number of hydrogen-bond acceptors (Lipinski definition) is 1. The van der Waals surface area contributed by atoms with Crippen molar-refractivity contribution < 1.29 is 0 Å². The maximum absolute atomic E-state index is 3.64. The SMILES string of the molecule is CC1CCC(CNC(C)C)C(C2CC2)C1. The van der Waals surface area contributed by atoms with Gasteiger partial charge in [0.05, 0.1) is 0 Å². The van der Waals surface area contributed by atoms with Gasteiger partial charge >= 0.3 is 0 Å². The van der Waals surface area contributed by atoms with E-state index >= 15 is 0 Å². The van der Waals surface area contributed by atoms with E-state index in [1.165, 1.54) is 38.6 Å². The summed E-state index contributed by atoms with van der Waals surface area (Å²) in [5.41, 5.74) is 0. The van der Waals surface area contributed by atoms with Crippen molar-refractivity contribution in [3.05, 3.63) is 0 Å². The predicted molar refractivity (Wildman–Crippen MR) is 65.9 cm³/mol. The molecule has 0 saturated heterocycles. The average Bonchev–Trinajstić information content (AvgIpc) is 2.98. The molecule has 15 heavy (non-hydrogen) atoms. The minimum Gasteiger partial charge on any atom is -0.314 e. The molecule has 2 aliphatic carbocycles. The molecule has 0 heterocycles. The fourth-order valence-corrected chi connectivity index (χ4v) is 3.23. The van der Waals surface area contributed by atoms with Gasteiger partial charge in [0.1, 0.15) is 0 Å². The Labute approximate surface area is 95.0 Å². The molecular formula is C14H27N. The maximum Gasteiger partial charge on any atom is 0.00104 e. The fourth-order valence-electron chi connectivity index (χ4n) is 3.23. The second kappa shape index (κ2) is 4.86. The Morgan fingerprint density at radius 3 is 2.47 bits per heavy atom. The molecule has 0 aliphatic heterocycles. The lowest BCUT2D eigenvalue weighted by molar-refractivity contribution is 0.161. The van der Waals surface area contributed by atoms with Crippen molar-refractivity contribution in [1.82, 2.24) is 5.32 Å². The molecule has 2 aliphatic rings. The summed E-state index contributed by atoms with van der Waals surface area (Å²) in [5, 5.41) is 3.64. The summed E-state index contributed by atoms with van der Waals surface area (Å²) < 4.78 is 0.